The molecule has 8 heteroatoms. The lowest BCUT2D eigenvalue weighted by Crippen LogP contribution is -2.48. The van der Waals surface area contributed by atoms with Gasteiger partial charge in [0.2, 0.25) is 10.0 Å². The molecule has 3 aromatic carbocycles. The van der Waals surface area contributed by atoms with Crippen LogP contribution in [0.4, 0.5) is 0 Å². The molecule has 1 N–H and O–H groups in total. The van der Waals surface area contributed by atoms with Gasteiger partial charge in [-0.1, -0.05) is 66.9 Å². The minimum Gasteiger partial charge on any atom is -0.348 e. The number of piperazine rings is 1. The molecule has 0 unspecified atom stereocenters. The molecule has 2 heterocycles. The first-order valence-corrected chi connectivity index (χ1v) is 16.3. The van der Waals surface area contributed by atoms with Crippen molar-refractivity contribution in [3.63, 3.8) is 0 Å². The summed E-state index contributed by atoms with van der Waals surface area (Å²) in [4.78, 5) is 18.0. The molecule has 0 spiro atoms. The second-order valence-corrected chi connectivity index (χ2v) is 13.3. The number of nitrogens with one attached hydrogen (secondary N) is 1. The number of rotatable bonds is 9. The number of likely N-dealkylation sites (tertiary alicyclic amines) is 1. The van der Waals surface area contributed by atoms with E-state index < -0.39 is 10.0 Å². The normalized spacial score (nSPS) is 17.7. The van der Waals surface area contributed by atoms with E-state index in [2.05, 4.69) is 39.4 Å². The molecule has 0 aliphatic carbocycles. The molecule has 41 heavy (non-hydrogen) atoms. The van der Waals surface area contributed by atoms with E-state index in [0.29, 0.717) is 43.2 Å². The summed E-state index contributed by atoms with van der Waals surface area (Å²) in [6.45, 7) is 8.77. The number of carbonyl (C=O) groups excluding carboxylic acids is 1. The predicted molar refractivity (Wildman–Crippen MR) is 163 cm³/mol. The summed E-state index contributed by atoms with van der Waals surface area (Å²) in [7, 11) is -3.47. The van der Waals surface area contributed by atoms with E-state index in [4.69, 9.17) is 0 Å². The first-order valence-electron chi connectivity index (χ1n) is 14.8. The minimum atomic E-state index is -3.47. The Morgan fingerprint density at radius 3 is 2.00 bits per heavy atom. The first-order chi connectivity index (χ1) is 19.9. The third-order valence-electron chi connectivity index (χ3n) is 8.16. The van der Waals surface area contributed by atoms with E-state index in [9.17, 15) is 13.2 Å². The number of amides is 1. The number of hydrogen-bond acceptors (Lipinski definition) is 5. The third-order valence-corrected chi connectivity index (χ3v) is 10.1. The molecular weight excluding hydrogens is 532 g/mol. The Kier molecular flexibility index (Phi) is 9.88. The molecular formula is C33H42N4O3S. The van der Waals surface area contributed by atoms with Crippen LogP contribution < -0.4 is 5.32 Å². The number of aryl methyl sites for hydroxylation is 1. The van der Waals surface area contributed by atoms with E-state index in [1.54, 1.807) is 16.4 Å². The van der Waals surface area contributed by atoms with Crippen LogP contribution >= 0.6 is 0 Å². The van der Waals surface area contributed by atoms with Gasteiger partial charge in [0, 0.05) is 51.4 Å². The van der Waals surface area contributed by atoms with Crippen LogP contribution in [0.1, 0.15) is 58.3 Å². The van der Waals surface area contributed by atoms with Gasteiger partial charge >= 0.3 is 0 Å². The molecule has 3 aromatic rings. The fourth-order valence-corrected chi connectivity index (χ4v) is 7.10. The highest BCUT2D eigenvalue weighted by atomic mass is 32.2. The van der Waals surface area contributed by atoms with Crippen LogP contribution in [0, 0.1) is 6.92 Å². The second-order valence-electron chi connectivity index (χ2n) is 11.4. The minimum absolute atomic E-state index is 0.0793. The number of hydrogen-bond donors (Lipinski definition) is 1. The highest BCUT2D eigenvalue weighted by Gasteiger charge is 2.28. The van der Waals surface area contributed by atoms with Gasteiger partial charge in [-0.05, 0) is 73.8 Å². The average Bonchev–Trinajstić information content (AvgIpc) is 3.26. The first kappa shape index (κ1) is 29.5. The molecule has 0 saturated carbocycles. The molecule has 0 radical (unpaired) electrons. The van der Waals surface area contributed by atoms with Crippen molar-refractivity contribution >= 4 is 15.9 Å². The summed E-state index contributed by atoms with van der Waals surface area (Å²) >= 11 is 0. The maximum atomic E-state index is 13.0. The summed E-state index contributed by atoms with van der Waals surface area (Å²) in [5.41, 5.74) is 5.21. The Hall–Kier alpha value is -3.04. The standard InChI is InChI=1S/C33H42N4O3S/c1-27-9-15-32(16-10-27)41(39,40)37-21-19-36(20-22-37)25-28-11-13-31(14-12-28)33(38)34-24-29-7-6-8-30(23-29)26-35-17-4-2-3-5-18-35/h6-16,23H,2-5,17-22,24-26H2,1H3,(H,34,38). The number of carbonyl (C=O) groups is 1. The lowest BCUT2D eigenvalue weighted by Gasteiger charge is -2.34. The van der Waals surface area contributed by atoms with Crippen molar-refractivity contribution in [3.8, 4) is 0 Å². The smallest absolute Gasteiger partial charge is 0.251 e. The van der Waals surface area contributed by atoms with Crippen LogP contribution in [0.3, 0.4) is 0 Å². The van der Waals surface area contributed by atoms with Gasteiger partial charge in [0.15, 0.2) is 0 Å². The van der Waals surface area contributed by atoms with Gasteiger partial charge < -0.3 is 5.32 Å². The zero-order valence-corrected chi connectivity index (χ0v) is 24.9. The molecule has 1 amide bonds. The van der Waals surface area contributed by atoms with Crippen molar-refractivity contribution in [3.05, 3.63) is 101 Å². The zero-order valence-electron chi connectivity index (χ0n) is 24.1. The number of benzene rings is 3. The maximum absolute atomic E-state index is 13.0. The summed E-state index contributed by atoms with van der Waals surface area (Å²) in [5, 5.41) is 3.07. The number of nitrogens with zero attached hydrogens (tertiary/aromatic N) is 3. The van der Waals surface area contributed by atoms with Crippen molar-refractivity contribution in [2.75, 3.05) is 39.3 Å². The van der Waals surface area contributed by atoms with Gasteiger partial charge in [-0.15, -0.1) is 0 Å². The van der Waals surface area contributed by atoms with Gasteiger partial charge in [0.25, 0.3) is 5.91 Å². The van der Waals surface area contributed by atoms with Crippen molar-refractivity contribution in [1.29, 1.82) is 0 Å². The highest BCUT2D eigenvalue weighted by molar-refractivity contribution is 7.89. The van der Waals surface area contributed by atoms with Crippen molar-refractivity contribution in [2.24, 2.45) is 0 Å². The number of sulfonamides is 1. The summed E-state index contributed by atoms with van der Waals surface area (Å²) < 4.78 is 27.5. The largest absolute Gasteiger partial charge is 0.348 e. The molecule has 0 bridgehead atoms. The quantitative estimate of drug-likeness (QED) is 0.397. The molecule has 5 rings (SSSR count). The summed E-state index contributed by atoms with van der Waals surface area (Å²) in [5.74, 6) is -0.0793. The second kappa shape index (κ2) is 13.7. The van der Waals surface area contributed by atoms with Gasteiger partial charge in [-0.2, -0.15) is 4.31 Å². The molecule has 7 nitrogen and oxygen atoms in total. The summed E-state index contributed by atoms with van der Waals surface area (Å²) in [6.07, 6.45) is 5.23. The Labute approximate surface area is 245 Å². The van der Waals surface area contributed by atoms with E-state index in [1.165, 1.54) is 44.3 Å². The average molecular weight is 575 g/mol. The molecule has 2 fully saturated rings. The predicted octanol–water partition coefficient (Wildman–Crippen LogP) is 4.81. The molecule has 2 aliphatic rings. The molecule has 218 valence electrons. The van der Waals surface area contributed by atoms with Crippen LogP contribution in [0.5, 0.6) is 0 Å². The van der Waals surface area contributed by atoms with E-state index in [-0.39, 0.29) is 5.91 Å². The van der Waals surface area contributed by atoms with E-state index in [1.807, 2.05) is 43.3 Å². The van der Waals surface area contributed by atoms with E-state index in [0.717, 1.165) is 29.8 Å². The molecule has 0 atom stereocenters. The van der Waals surface area contributed by atoms with Gasteiger partial charge in [-0.25, -0.2) is 8.42 Å². The molecule has 0 aromatic heterocycles. The van der Waals surface area contributed by atoms with Crippen LogP contribution in [-0.4, -0.2) is 67.7 Å². The third kappa shape index (κ3) is 8.04. The van der Waals surface area contributed by atoms with Crippen LogP contribution in [0.2, 0.25) is 0 Å². The Balaban J connectivity index is 1.08. The lowest BCUT2D eigenvalue weighted by atomic mass is 10.1. The highest BCUT2D eigenvalue weighted by Crippen LogP contribution is 2.19. The van der Waals surface area contributed by atoms with Crippen LogP contribution in [0.15, 0.2) is 77.7 Å². The Morgan fingerprint density at radius 2 is 1.32 bits per heavy atom. The van der Waals surface area contributed by atoms with E-state index >= 15 is 0 Å². The fourth-order valence-electron chi connectivity index (χ4n) is 5.68. The van der Waals surface area contributed by atoms with Gasteiger partial charge in [0.1, 0.15) is 0 Å². The molecule has 2 saturated heterocycles. The van der Waals surface area contributed by atoms with Gasteiger partial charge in [0.05, 0.1) is 4.90 Å². The van der Waals surface area contributed by atoms with Crippen molar-refractivity contribution in [2.45, 2.75) is 57.1 Å². The molecule has 2 aliphatic heterocycles. The van der Waals surface area contributed by atoms with Gasteiger partial charge in [-0.3, -0.25) is 14.6 Å². The SMILES string of the molecule is Cc1ccc(S(=O)(=O)N2CCN(Cc3ccc(C(=O)NCc4cccc(CN5CCCCCC5)c4)cc3)CC2)cc1. The van der Waals surface area contributed by atoms with Crippen LogP contribution in [0.25, 0.3) is 0 Å². The Morgan fingerprint density at radius 1 is 0.707 bits per heavy atom. The zero-order chi connectivity index (χ0) is 28.7. The maximum Gasteiger partial charge on any atom is 0.251 e. The van der Waals surface area contributed by atoms with Crippen LogP contribution in [-0.2, 0) is 29.7 Å². The topological polar surface area (TPSA) is 73.0 Å². The Bertz CT molecular complexity index is 1390. The lowest BCUT2D eigenvalue weighted by molar-refractivity contribution is 0.0951. The van der Waals surface area contributed by atoms with Crippen molar-refractivity contribution in [1.82, 2.24) is 19.4 Å². The summed E-state index contributed by atoms with van der Waals surface area (Å²) in [6, 6.07) is 23.3. The monoisotopic (exact) mass is 574 g/mol. The van der Waals surface area contributed by atoms with Crippen molar-refractivity contribution < 1.29 is 13.2 Å². The fraction of sp³-hybridized carbons (Fsp3) is 0.424.